The number of nitrogens with zero attached hydrogens (tertiary/aromatic N) is 5. The van der Waals surface area contributed by atoms with E-state index in [9.17, 15) is 4.79 Å². The molecule has 2 aromatic carbocycles. The van der Waals surface area contributed by atoms with E-state index in [-0.39, 0.29) is 18.0 Å². The predicted octanol–water partition coefficient (Wildman–Crippen LogP) is 4.36. The van der Waals surface area contributed by atoms with Crippen molar-refractivity contribution in [3.8, 4) is 17.4 Å². The van der Waals surface area contributed by atoms with Crippen LogP contribution >= 0.6 is 11.6 Å². The lowest BCUT2D eigenvalue weighted by atomic mass is 9.99. The number of carbonyl (C=O) groups excluding carboxylic acids is 1. The molecular weight excluding hydrogens is 558 g/mol. The van der Waals surface area contributed by atoms with Gasteiger partial charge in [-0.3, -0.25) is 14.8 Å². The molecule has 4 aromatic rings. The number of halogens is 1. The summed E-state index contributed by atoms with van der Waals surface area (Å²) in [5.74, 6) is 1.87. The number of hydrogen-bond donors (Lipinski definition) is 2. The Balaban J connectivity index is 1.47. The molecule has 0 spiro atoms. The number of benzene rings is 2. The summed E-state index contributed by atoms with van der Waals surface area (Å²) >= 11 is 6.35. The Morgan fingerprint density at radius 3 is 2.55 bits per heavy atom. The van der Waals surface area contributed by atoms with Gasteiger partial charge in [-0.1, -0.05) is 29.8 Å². The van der Waals surface area contributed by atoms with Gasteiger partial charge in [-0.15, -0.1) is 0 Å². The summed E-state index contributed by atoms with van der Waals surface area (Å²) in [6.07, 6.45) is 4.07. The highest BCUT2D eigenvalue weighted by Gasteiger charge is 2.27. The second kappa shape index (κ2) is 12.9. The molecule has 11 nitrogen and oxygen atoms in total. The van der Waals surface area contributed by atoms with Crippen LogP contribution in [0, 0.1) is 6.92 Å². The fourth-order valence-corrected chi connectivity index (χ4v) is 5.02. The highest BCUT2D eigenvalue weighted by atomic mass is 35.5. The molecule has 1 amide bonds. The zero-order valence-electron chi connectivity index (χ0n) is 23.9. The van der Waals surface area contributed by atoms with E-state index in [1.807, 2.05) is 30.0 Å². The van der Waals surface area contributed by atoms with Crippen molar-refractivity contribution in [2.45, 2.75) is 33.0 Å². The molecule has 42 heavy (non-hydrogen) atoms. The van der Waals surface area contributed by atoms with Crippen molar-refractivity contribution in [2.75, 3.05) is 38.1 Å². The van der Waals surface area contributed by atoms with Crippen molar-refractivity contribution in [3.05, 3.63) is 87.5 Å². The molecule has 0 atom stereocenters. The van der Waals surface area contributed by atoms with Gasteiger partial charge in [0.05, 0.1) is 50.5 Å². The van der Waals surface area contributed by atoms with Crippen LogP contribution in [0.15, 0.2) is 48.8 Å². The lowest BCUT2D eigenvalue weighted by Crippen LogP contribution is -2.33. The van der Waals surface area contributed by atoms with Crippen LogP contribution in [0.2, 0.25) is 5.02 Å². The van der Waals surface area contributed by atoms with Crippen molar-refractivity contribution < 1.29 is 19.0 Å². The Morgan fingerprint density at radius 1 is 1.00 bits per heavy atom. The minimum Gasteiger partial charge on any atom is -0.496 e. The SMILES string of the molecule is COc1ccc(CNc2nc(N3CCc4cccc(OC)c4C3)nc(OC)c2C(=O)NCc2cnc(C)cn2)cc1Cl. The van der Waals surface area contributed by atoms with Gasteiger partial charge in [-0.2, -0.15) is 9.97 Å². The Bertz CT molecular complexity index is 1570. The molecule has 3 heterocycles. The maximum Gasteiger partial charge on any atom is 0.260 e. The Labute approximate surface area is 249 Å². The summed E-state index contributed by atoms with van der Waals surface area (Å²) in [7, 11) is 4.71. The molecule has 5 rings (SSSR count). The standard InChI is InChI=1S/C30H32ClN7O4/c1-18-13-33-21(15-32-18)16-35-28(39)26-27(34-14-19-8-9-25(41-3)23(31)12-19)36-30(37-29(26)42-4)38-11-10-20-6-5-7-24(40-2)22(20)17-38/h5-9,12-13,15H,10-11,14,16-17H2,1-4H3,(H,35,39)(H,34,36,37). The van der Waals surface area contributed by atoms with Gasteiger partial charge in [0.2, 0.25) is 11.8 Å². The molecule has 12 heteroatoms. The first-order valence-corrected chi connectivity index (χ1v) is 13.8. The fourth-order valence-electron chi connectivity index (χ4n) is 4.74. The fraction of sp³-hybridized carbons (Fsp3) is 0.300. The molecule has 218 valence electrons. The average Bonchev–Trinajstić information content (AvgIpc) is 3.02. The molecule has 0 saturated carbocycles. The maximum absolute atomic E-state index is 13.5. The number of methoxy groups -OCH3 is 3. The molecule has 0 unspecified atom stereocenters. The van der Waals surface area contributed by atoms with Crippen LogP contribution in [0.5, 0.6) is 17.4 Å². The maximum atomic E-state index is 13.5. The quantitative estimate of drug-likeness (QED) is 0.276. The first-order chi connectivity index (χ1) is 20.4. The number of carbonyl (C=O) groups is 1. The molecular formula is C30H32ClN7O4. The number of rotatable bonds is 10. The van der Waals surface area contributed by atoms with Crippen LogP contribution in [-0.4, -0.2) is 53.7 Å². The van der Waals surface area contributed by atoms with E-state index in [1.54, 1.807) is 38.7 Å². The molecule has 2 aromatic heterocycles. The number of hydrogen-bond acceptors (Lipinski definition) is 10. The minimum absolute atomic E-state index is 0.147. The lowest BCUT2D eigenvalue weighted by Gasteiger charge is -2.30. The summed E-state index contributed by atoms with van der Waals surface area (Å²) in [5.41, 5.74) is 4.76. The van der Waals surface area contributed by atoms with Gasteiger partial charge in [0, 0.05) is 31.4 Å². The second-order valence-electron chi connectivity index (χ2n) is 9.68. The largest absolute Gasteiger partial charge is 0.496 e. The summed E-state index contributed by atoms with van der Waals surface area (Å²) in [4.78, 5) is 33.7. The number of ether oxygens (including phenoxy) is 3. The van der Waals surface area contributed by atoms with Gasteiger partial charge in [-0.05, 0) is 42.7 Å². The molecule has 0 aliphatic carbocycles. The zero-order valence-corrected chi connectivity index (χ0v) is 24.7. The van der Waals surface area contributed by atoms with Gasteiger partial charge >= 0.3 is 0 Å². The Kier molecular flexibility index (Phi) is 8.87. The van der Waals surface area contributed by atoms with Crippen LogP contribution in [-0.2, 0) is 26.1 Å². The van der Waals surface area contributed by atoms with Crippen molar-refractivity contribution in [1.29, 1.82) is 0 Å². The van der Waals surface area contributed by atoms with Crippen molar-refractivity contribution in [3.63, 3.8) is 0 Å². The van der Waals surface area contributed by atoms with Crippen LogP contribution < -0.4 is 29.7 Å². The van der Waals surface area contributed by atoms with Crippen LogP contribution in [0.3, 0.4) is 0 Å². The second-order valence-corrected chi connectivity index (χ2v) is 10.1. The number of aromatic nitrogens is 4. The van der Waals surface area contributed by atoms with Crippen molar-refractivity contribution in [1.82, 2.24) is 25.3 Å². The minimum atomic E-state index is -0.415. The summed E-state index contributed by atoms with van der Waals surface area (Å²) in [5, 5.41) is 6.68. The van der Waals surface area contributed by atoms with Gasteiger partial charge in [0.25, 0.3) is 5.91 Å². The average molecular weight is 590 g/mol. The molecule has 0 fully saturated rings. The van der Waals surface area contributed by atoms with E-state index in [0.717, 1.165) is 29.0 Å². The van der Waals surface area contributed by atoms with E-state index < -0.39 is 5.91 Å². The lowest BCUT2D eigenvalue weighted by molar-refractivity contribution is 0.0947. The molecule has 2 N–H and O–H groups in total. The Morgan fingerprint density at radius 2 is 1.83 bits per heavy atom. The highest BCUT2D eigenvalue weighted by Crippen LogP contribution is 2.33. The Hall–Kier alpha value is -4.64. The number of aryl methyl sites for hydroxylation is 1. The van der Waals surface area contributed by atoms with Crippen LogP contribution in [0.1, 0.15) is 38.4 Å². The monoisotopic (exact) mass is 589 g/mol. The molecule has 0 bridgehead atoms. The van der Waals surface area contributed by atoms with E-state index in [0.29, 0.717) is 47.9 Å². The summed E-state index contributed by atoms with van der Waals surface area (Å²) in [6, 6.07) is 11.5. The predicted molar refractivity (Wildman–Crippen MR) is 160 cm³/mol. The number of amides is 1. The summed E-state index contributed by atoms with van der Waals surface area (Å²) in [6.45, 7) is 3.60. The third-order valence-corrected chi connectivity index (χ3v) is 7.25. The van der Waals surface area contributed by atoms with E-state index in [1.165, 1.54) is 12.7 Å². The third-order valence-electron chi connectivity index (χ3n) is 6.96. The van der Waals surface area contributed by atoms with Gasteiger partial charge in [0.15, 0.2) is 0 Å². The number of fused-ring (bicyclic) bond motifs is 1. The van der Waals surface area contributed by atoms with E-state index in [2.05, 4.69) is 31.7 Å². The van der Waals surface area contributed by atoms with Gasteiger partial charge in [0.1, 0.15) is 22.9 Å². The van der Waals surface area contributed by atoms with Crippen LogP contribution in [0.4, 0.5) is 11.8 Å². The molecule has 0 saturated heterocycles. The first-order valence-electron chi connectivity index (χ1n) is 13.4. The molecule has 1 aliphatic rings. The third kappa shape index (κ3) is 6.31. The molecule has 0 radical (unpaired) electrons. The number of anilines is 2. The van der Waals surface area contributed by atoms with Crippen molar-refractivity contribution >= 4 is 29.3 Å². The highest BCUT2D eigenvalue weighted by molar-refractivity contribution is 6.32. The number of nitrogens with one attached hydrogen (secondary N) is 2. The van der Waals surface area contributed by atoms with Gasteiger partial charge in [-0.25, -0.2) is 0 Å². The first kappa shape index (κ1) is 28.9. The van der Waals surface area contributed by atoms with Crippen LogP contribution in [0.25, 0.3) is 0 Å². The zero-order chi connectivity index (χ0) is 29.6. The van der Waals surface area contributed by atoms with Gasteiger partial charge < -0.3 is 29.7 Å². The van der Waals surface area contributed by atoms with E-state index >= 15 is 0 Å². The normalized spacial score (nSPS) is 12.4. The topological polar surface area (TPSA) is 124 Å². The smallest absolute Gasteiger partial charge is 0.260 e. The molecule has 1 aliphatic heterocycles. The van der Waals surface area contributed by atoms with Crippen molar-refractivity contribution in [2.24, 2.45) is 0 Å². The summed E-state index contributed by atoms with van der Waals surface area (Å²) < 4.78 is 16.5. The van der Waals surface area contributed by atoms with E-state index in [4.69, 9.17) is 30.8 Å².